The number of rotatable bonds is 3. The monoisotopic (exact) mass is 256 g/mol. The Morgan fingerprint density at radius 3 is 2.63 bits per heavy atom. The molecule has 19 heavy (non-hydrogen) atoms. The van der Waals surface area contributed by atoms with Crippen LogP contribution in [0.1, 0.15) is 47.1 Å². The van der Waals surface area contributed by atoms with E-state index in [-0.39, 0.29) is 5.82 Å². The third-order valence-electron chi connectivity index (χ3n) is 3.80. The van der Waals surface area contributed by atoms with Crippen LogP contribution in [-0.2, 0) is 0 Å². The molecule has 0 aliphatic heterocycles. The first-order valence-corrected chi connectivity index (χ1v) is 6.69. The van der Waals surface area contributed by atoms with Gasteiger partial charge >= 0.3 is 0 Å². The van der Waals surface area contributed by atoms with E-state index in [4.69, 9.17) is 0 Å². The van der Waals surface area contributed by atoms with E-state index in [0.29, 0.717) is 5.92 Å². The standard InChI is InChI=1S/C17H17FO/c1-11-9-15(18)7-8-16(11)17(19)14-4-2-3-13(10-14)12-5-6-12/h2-4,7-10,12,17,19H,5-6H2,1H3. The molecule has 0 amide bonds. The molecule has 0 saturated heterocycles. The molecule has 2 aromatic rings. The molecule has 2 aromatic carbocycles. The van der Waals surface area contributed by atoms with E-state index in [1.165, 1.54) is 30.5 Å². The minimum absolute atomic E-state index is 0.264. The summed E-state index contributed by atoms with van der Waals surface area (Å²) < 4.78 is 13.1. The van der Waals surface area contributed by atoms with E-state index in [2.05, 4.69) is 12.1 Å². The number of aryl methyl sites for hydroxylation is 1. The van der Waals surface area contributed by atoms with Gasteiger partial charge in [-0.3, -0.25) is 0 Å². The Balaban J connectivity index is 1.94. The number of aliphatic hydroxyl groups is 1. The number of halogens is 1. The summed E-state index contributed by atoms with van der Waals surface area (Å²) in [6, 6.07) is 12.6. The van der Waals surface area contributed by atoms with Gasteiger partial charge in [0.25, 0.3) is 0 Å². The van der Waals surface area contributed by atoms with E-state index >= 15 is 0 Å². The fourth-order valence-corrected chi connectivity index (χ4v) is 2.53. The molecule has 0 heterocycles. The van der Waals surface area contributed by atoms with Crippen molar-refractivity contribution in [1.82, 2.24) is 0 Å². The van der Waals surface area contributed by atoms with Crippen LogP contribution in [0, 0.1) is 12.7 Å². The van der Waals surface area contributed by atoms with Crippen LogP contribution in [0.25, 0.3) is 0 Å². The Labute approximate surface area is 112 Å². The second kappa shape index (κ2) is 4.78. The molecule has 0 bridgehead atoms. The highest BCUT2D eigenvalue weighted by atomic mass is 19.1. The number of aliphatic hydroxyl groups excluding tert-OH is 1. The van der Waals surface area contributed by atoms with Gasteiger partial charge in [-0.1, -0.05) is 30.3 Å². The summed E-state index contributed by atoms with van der Waals surface area (Å²) in [6.45, 7) is 1.83. The molecule has 1 aliphatic carbocycles. The van der Waals surface area contributed by atoms with Gasteiger partial charge in [0.15, 0.2) is 0 Å². The molecule has 0 aromatic heterocycles. The fraction of sp³-hybridized carbons (Fsp3) is 0.294. The average Bonchev–Trinajstić information content (AvgIpc) is 3.22. The zero-order chi connectivity index (χ0) is 13.4. The highest BCUT2D eigenvalue weighted by Crippen LogP contribution is 2.41. The molecule has 1 fully saturated rings. The summed E-state index contributed by atoms with van der Waals surface area (Å²) in [4.78, 5) is 0. The van der Waals surface area contributed by atoms with Gasteiger partial charge in [-0.05, 0) is 60.1 Å². The van der Waals surface area contributed by atoms with E-state index in [9.17, 15) is 9.50 Å². The van der Waals surface area contributed by atoms with Crippen molar-refractivity contribution in [3.8, 4) is 0 Å². The van der Waals surface area contributed by atoms with Crippen molar-refractivity contribution < 1.29 is 9.50 Å². The van der Waals surface area contributed by atoms with Crippen molar-refractivity contribution in [2.75, 3.05) is 0 Å². The third-order valence-corrected chi connectivity index (χ3v) is 3.80. The van der Waals surface area contributed by atoms with E-state index in [1.54, 1.807) is 6.07 Å². The van der Waals surface area contributed by atoms with Crippen LogP contribution in [0.15, 0.2) is 42.5 Å². The minimum atomic E-state index is -0.681. The van der Waals surface area contributed by atoms with Gasteiger partial charge in [-0.15, -0.1) is 0 Å². The van der Waals surface area contributed by atoms with Gasteiger partial charge in [0.2, 0.25) is 0 Å². The Morgan fingerprint density at radius 1 is 1.16 bits per heavy atom. The van der Waals surface area contributed by atoms with Crippen molar-refractivity contribution in [1.29, 1.82) is 0 Å². The minimum Gasteiger partial charge on any atom is -0.384 e. The van der Waals surface area contributed by atoms with Gasteiger partial charge in [0.1, 0.15) is 11.9 Å². The molecular weight excluding hydrogens is 239 g/mol. The smallest absolute Gasteiger partial charge is 0.123 e. The average molecular weight is 256 g/mol. The highest BCUT2D eigenvalue weighted by Gasteiger charge is 2.24. The normalized spacial score (nSPS) is 16.4. The van der Waals surface area contributed by atoms with Crippen molar-refractivity contribution in [2.45, 2.75) is 31.8 Å². The molecular formula is C17H17FO. The largest absolute Gasteiger partial charge is 0.384 e. The number of hydrogen-bond donors (Lipinski definition) is 1. The molecule has 2 heteroatoms. The van der Waals surface area contributed by atoms with Crippen LogP contribution in [0.3, 0.4) is 0 Å². The lowest BCUT2D eigenvalue weighted by atomic mass is 9.95. The molecule has 1 unspecified atom stereocenters. The Kier molecular flexibility index (Phi) is 3.11. The highest BCUT2D eigenvalue weighted by molar-refractivity contribution is 5.38. The van der Waals surface area contributed by atoms with Crippen LogP contribution < -0.4 is 0 Å². The lowest BCUT2D eigenvalue weighted by Crippen LogP contribution is -2.03. The summed E-state index contributed by atoms with van der Waals surface area (Å²) in [5.74, 6) is 0.404. The second-order valence-electron chi connectivity index (χ2n) is 5.35. The first kappa shape index (κ1) is 12.4. The summed E-state index contributed by atoms with van der Waals surface area (Å²) in [7, 11) is 0. The van der Waals surface area contributed by atoms with E-state index in [1.807, 2.05) is 19.1 Å². The van der Waals surface area contributed by atoms with Crippen LogP contribution in [0.4, 0.5) is 4.39 Å². The molecule has 0 radical (unpaired) electrons. The topological polar surface area (TPSA) is 20.2 Å². The Morgan fingerprint density at radius 2 is 1.95 bits per heavy atom. The lowest BCUT2D eigenvalue weighted by Gasteiger charge is -2.15. The lowest BCUT2D eigenvalue weighted by molar-refractivity contribution is 0.219. The van der Waals surface area contributed by atoms with Gasteiger partial charge < -0.3 is 5.11 Å². The molecule has 1 nitrogen and oxygen atoms in total. The van der Waals surface area contributed by atoms with Crippen LogP contribution in [0.2, 0.25) is 0 Å². The zero-order valence-electron chi connectivity index (χ0n) is 10.9. The molecule has 1 saturated carbocycles. The Hall–Kier alpha value is -1.67. The number of hydrogen-bond acceptors (Lipinski definition) is 1. The third kappa shape index (κ3) is 2.54. The quantitative estimate of drug-likeness (QED) is 0.876. The maximum atomic E-state index is 13.1. The summed E-state index contributed by atoms with van der Waals surface area (Å²) in [5.41, 5.74) is 3.74. The van der Waals surface area contributed by atoms with Crippen LogP contribution >= 0.6 is 0 Å². The van der Waals surface area contributed by atoms with Crippen LogP contribution in [0.5, 0.6) is 0 Å². The summed E-state index contributed by atoms with van der Waals surface area (Å²) in [5, 5.41) is 10.5. The SMILES string of the molecule is Cc1cc(F)ccc1C(O)c1cccc(C2CC2)c1. The zero-order valence-corrected chi connectivity index (χ0v) is 10.9. The van der Waals surface area contributed by atoms with Gasteiger partial charge in [-0.25, -0.2) is 4.39 Å². The van der Waals surface area contributed by atoms with Crippen molar-refractivity contribution >= 4 is 0 Å². The Bertz CT molecular complexity index is 602. The van der Waals surface area contributed by atoms with Crippen molar-refractivity contribution in [2.24, 2.45) is 0 Å². The number of benzene rings is 2. The second-order valence-corrected chi connectivity index (χ2v) is 5.35. The van der Waals surface area contributed by atoms with Crippen LogP contribution in [-0.4, -0.2) is 5.11 Å². The van der Waals surface area contributed by atoms with E-state index < -0.39 is 6.10 Å². The van der Waals surface area contributed by atoms with Gasteiger partial charge in [-0.2, -0.15) is 0 Å². The maximum absolute atomic E-state index is 13.1. The van der Waals surface area contributed by atoms with E-state index in [0.717, 1.165) is 16.7 Å². The summed E-state index contributed by atoms with van der Waals surface area (Å²) >= 11 is 0. The van der Waals surface area contributed by atoms with Gasteiger partial charge in [0, 0.05) is 0 Å². The van der Waals surface area contributed by atoms with Crippen molar-refractivity contribution in [3.05, 3.63) is 70.5 Å². The van der Waals surface area contributed by atoms with Gasteiger partial charge in [0.05, 0.1) is 0 Å². The fourth-order valence-electron chi connectivity index (χ4n) is 2.53. The first-order chi connectivity index (χ1) is 9.15. The molecule has 3 rings (SSSR count). The molecule has 1 aliphatic rings. The predicted octanol–water partition coefficient (Wildman–Crippen LogP) is 4.09. The maximum Gasteiger partial charge on any atom is 0.123 e. The molecule has 0 spiro atoms. The predicted molar refractivity (Wildman–Crippen MR) is 73.6 cm³/mol. The van der Waals surface area contributed by atoms with Crippen molar-refractivity contribution in [3.63, 3.8) is 0 Å². The summed E-state index contributed by atoms with van der Waals surface area (Å²) in [6.07, 6.45) is 1.81. The molecule has 1 atom stereocenters. The molecule has 98 valence electrons. The molecule has 1 N–H and O–H groups in total. The first-order valence-electron chi connectivity index (χ1n) is 6.69.